The van der Waals surface area contributed by atoms with Crippen molar-refractivity contribution in [1.82, 2.24) is 25.3 Å². The van der Waals surface area contributed by atoms with Crippen molar-refractivity contribution in [1.29, 1.82) is 0 Å². The number of rotatable bonds is 5. The zero-order valence-corrected chi connectivity index (χ0v) is 20.1. The Balaban J connectivity index is 1.28. The van der Waals surface area contributed by atoms with Gasteiger partial charge in [0.1, 0.15) is 11.6 Å². The number of aliphatic hydroxyl groups is 1. The molecule has 0 spiro atoms. The molecule has 0 bridgehead atoms. The van der Waals surface area contributed by atoms with E-state index in [0.717, 1.165) is 54.0 Å². The first-order chi connectivity index (χ1) is 17.7. The number of nitrogens with zero attached hydrogens (tertiary/aromatic N) is 5. The van der Waals surface area contributed by atoms with E-state index in [2.05, 4.69) is 37.6 Å². The molecule has 2 unspecified atom stereocenters. The predicted molar refractivity (Wildman–Crippen MR) is 140 cm³/mol. The topological polar surface area (TPSA) is 99.1 Å². The second kappa shape index (κ2) is 8.80. The van der Waals surface area contributed by atoms with Gasteiger partial charge in [-0.3, -0.25) is 4.98 Å². The van der Waals surface area contributed by atoms with Crippen molar-refractivity contribution in [2.24, 2.45) is 0 Å². The lowest BCUT2D eigenvalue weighted by molar-refractivity contribution is 0.165. The van der Waals surface area contributed by atoms with Crippen LogP contribution in [0, 0.1) is 0 Å². The largest absolute Gasteiger partial charge is 0.390 e. The van der Waals surface area contributed by atoms with Crippen molar-refractivity contribution in [3.8, 4) is 11.4 Å². The molecule has 2 fully saturated rings. The normalized spacial score (nSPS) is 21.5. The van der Waals surface area contributed by atoms with Gasteiger partial charge in [-0.05, 0) is 47.6 Å². The first-order valence-corrected chi connectivity index (χ1v) is 12.8. The molecule has 0 amide bonds. The summed E-state index contributed by atoms with van der Waals surface area (Å²) in [4.78, 5) is 21.6. The fourth-order valence-electron chi connectivity index (χ4n) is 5.58. The van der Waals surface area contributed by atoms with Gasteiger partial charge in [0.25, 0.3) is 0 Å². The smallest absolute Gasteiger partial charge is 0.162 e. The van der Waals surface area contributed by atoms with E-state index in [-0.39, 0.29) is 6.04 Å². The number of aromatic nitrogens is 4. The monoisotopic (exact) mass is 479 g/mol. The number of pyridine rings is 2. The van der Waals surface area contributed by atoms with Crippen molar-refractivity contribution in [3.05, 3.63) is 71.7 Å². The number of nitrogens with one attached hydrogen (secondary N) is 2. The number of aliphatic hydroxyl groups excluding tert-OH is 1. The van der Waals surface area contributed by atoms with Crippen molar-refractivity contribution in [2.45, 2.75) is 37.3 Å². The van der Waals surface area contributed by atoms with Gasteiger partial charge in [-0.25, -0.2) is 15.0 Å². The average Bonchev–Trinajstić information content (AvgIpc) is 3.73. The van der Waals surface area contributed by atoms with Crippen LogP contribution in [0.2, 0.25) is 0 Å². The molecule has 2 atom stereocenters. The number of hydrogen-bond donors (Lipinski definition) is 3. The summed E-state index contributed by atoms with van der Waals surface area (Å²) in [6.45, 7) is 3.72. The highest BCUT2D eigenvalue weighted by Crippen LogP contribution is 2.45. The Morgan fingerprint density at radius 3 is 2.72 bits per heavy atom. The van der Waals surface area contributed by atoms with Crippen molar-refractivity contribution < 1.29 is 5.11 Å². The highest BCUT2D eigenvalue weighted by molar-refractivity contribution is 5.94. The van der Waals surface area contributed by atoms with Crippen LogP contribution in [0.15, 0.2) is 55.0 Å². The van der Waals surface area contributed by atoms with Gasteiger partial charge in [-0.15, -0.1) is 0 Å². The Kier molecular flexibility index (Phi) is 5.29. The van der Waals surface area contributed by atoms with Crippen LogP contribution >= 0.6 is 0 Å². The molecule has 1 saturated carbocycles. The minimum atomic E-state index is -0.490. The second-order valence-electron chi connectivity index (χ2n) is 10.0. The van der Waals surface area contributed by atoms with Crippen LogP contribution in [0.1, 0.15) is 41.5 Å². The SMILES string of the molecule is OC1Cc2ccccc2C1Nc1cc(-c2nc(N3CCNCC3)c3c(C4CC4)cncc3n2)ccn1. The summed E-state index contributed by atoms with van der Waals surface area (Å²) in [5.41, 5.74) is 5.36. The zero-order valence-electron chi connectivity index (χ0n) is 20.1. The standard InChI is InChI=1S/C28H29N7O/c36-23-13-18-3-1-2-4-20(18)26(23)33-24-14-19(7-8-31-24)27-32-22-16-30-15-21(17-5-6-17)25(22)28(34-27)35-11-9-29-10-12-35/h1-4,7-8,14-17,23,26,29,36H,5-6,9-13H2,(H,31,33). The van der Waals surface area contributed by atoms with Gasteiger partial charge in [-0.2, -0.15) is 0 Å². The highest BCUT2D eigenvalue weighted by Gasteiger charge is 2.31. The third-order valence-corrected chi connectivity index (χ3v) is 7.58. The van der Waals surface area contributed by atoms with Crippen LogP contribution in [0.3, 0.4) is 0 Å². The average molecular weight is 480 g/mol. The molecule has 0 radical (unpaired) electrons. The first kappa shape index (κ1) is 21.6. The summed E-state index contributed by atoms with van der Waals surface area (Å²) < 4.78 is 0. The summed E-state index contributed by atoms with van der Waals surface area (Å²) in [5.74, 6) is 2.94. The third-order valence-electron chi connectivity index (χ3n) is 7.58. The first-order valence-electron chi connectivity index (χ1n) is 12.8. The molecule has 8 nitrogen and oxygen atoms in total. The minimum Gasteiger partial charge on any atom is -0.390 e. The molecule has 2 aliphatic carbocycles. The predicted octanol–water partition coefficient (Wildman–Crippen LogP) is 3.44. The number of benzene rings is 1. The molecule has 3 aromatic heterocycles. The quantitative estimate of drug-likeness (QED) is 0.400. The van der Waals surface area contributed by atoms with Crippen LogP contribution in [-0.4, -0.2) is 57.3 Å². The Labute approximate surface area is 209 Å². The van der Waals surface area contributed by atoms with Crippen molar-refractivity contribution in [3.63, 3.8) is 0 Å². The highest BCUT2D eigenvalue weighted by atomic mass is 16.3. The molecule has 4 aromatic rings. The number of piperazine rings is 1. The van der Waals surface area contributed by atoms with Crippen LogP contribution < -0.4 is 15.5 Å². The van der Waals surface area contributed by atoms with E-state index >= 15 is 0 Å². The van der Waals surface area contributed by atoms with E-state index in [1.54, 1.807) is 6.20 Å². The summed E-state index contributed by atoms with van der Waals surface area (Å²) in [5, 5.41) is 18.8. The molecule has 1 aliphatic heterocycles. The fraction of sp³-hybridized carbons (Fsp3) is 0.357. The van der Waals surface area contributed by atoms with Gasteiger partial charge in [0.2, 0.25) is 0 Å². The Morgan fingerprint density at radius 2 is 1.86 bits per heavy atom. The summed E-state index contributed by atoms with van der Waals surface area (Å²) >= 11 is 0. The lowest BCUT2D eigenvalue weighted by Gasteiger charge is -2.30. The molecule has 182 valence electrons. The maximum atomic E-state index is 10.7. The number of fused-ring (bicyclic) bond motifs is 2. The molecule has 1 aromatic carbocycles. The van der Waals surface area contributed by atoms with Gasteiger partial charge >= 0.3 is 0 Å². The molecule has 3 N–H and O–H groups in total. The van der Waals surface area contributed by atoms with Crippen molar-refractivity contribution >= 4 is 22.5 Å². The Hall–Kier alpha value is -3.62. The van der Waals surface area contributed by atoms with E-state index in [9.17, 15) is 5.11 Å². The summed E-state index contributed by atoms with van der Waals surface area (Å²) in [6.07, 6.45) is 8.22. The number of hydrogen-bond acceptors (Lipinski definition) is 8. The number of anilines is 2. The lowest BCUT2D eigenvalue weighted by atomic mass is 10.1. The molecule has 3 aliphatic rings. The van der Waals surface area contributed by atoms with E-state index < -0.39 is 6.10 Å². The Bertz CT molecular complexity index is 1430. The Morgan fingerprint density at radius 1 is 1.00 bits per heavy atom. The van der Waals surface area contributed by atoms with Crippen LogP contribution in [-0.2, 0) is 6.42 Å². The van der Waals surface area contributed by atoms with Crippen LogP contribution in [0.5, 0.6) is 0 Å². The fourth-order valence-corrected chi connectivity index (χ4v) is 5.58. The molecule has 4 heterocycles. The molecular formula is C28H29N7O. The second-order valence-corrected chi connectivity index (χ2v) is 10.0. The van der Waals surface area contributed by atoms with Crippen LogP contribution in [0.4, 0.5) is 11.6 Å². The van der Waals surface area contributed by atoms with E-state index in [4.69, 9.17) is 9.97 Å². The molecular weight excluding hydrogens is 450 g/mol. The molecule has 8 heteroatoms. The summed E-state index contributed by atoms with van der Waals surface area (Å²) in [6, 6.07) is 11.9. The third kappa shape index (κ3) is 3.86. The molecule has 7 rings (SSSR count). The van der Waals surface area contributed by atoms with Gasteiger partial charge in [0.15, 0.2) is 5.82 Å². The zero-order chi connectivity index (χ0) is 24.1. The van der Waals surface area contributed by atoms with E-state index in [1.165, 1.54) is 24.0 Å². The van der Waals surface area contributed by atoms with E-state index in [0.29, 0.717) is 24.0 Å². The minimum absolute atomic E-state index is 0.191. The van der Waals surface area contributed by atoms with Gasteiger partial charge < -0.3 is 20.6 Å². The van der Waals surface area contributed by atoms with Gasteiger partial charge in [-0.1, -0.05) is 24.3 Å². The maximum absolute atomic E-state index is 10.7. The molecule has 36 heavy (non-hydrogen) atoms. The van der Waals surface area contributed by atoms with Crippen molar-refractivity contribution in [2.75, 3.05) is 36.4 Å². The van der Waals surface area contributed by atoms with Gasteiger partial charge in [0.05, 0.1) is 23.9 Å². The lowest BCUT2D eigenvalue weighted by Crippen LogP contribution is -2.44. The summed E-state index contributed by atoms with van der Waals surface area (Å²) in [7, 11) is 0. The molecule has 1 saturated heterocycles. The van der Waals surface area contributed by atoms with Gasteiger partial charge in [0, 0.05) is 55.9 Å². The maximum Gasteiger partial charge on any atom is 0.162 e. The van der Waals surface area contributed by atoms with E-state index in [1.807, 2.05) is 36.7 Å². The van der Waals surface area contributed by atoms with Crippen LogP contribution in [0.25, 0.3) is 22.3 Å².